The second-order valence-electron chi connectivity index (χ2n) is 7.75. The van der Waals surface area contributed by atoms with Gasteiger partial charge in [0.25, 0.3) is 0 Å². The van der Waals surface area contributed by atoms with Crippen LogP contribution in [0.4, 0.5) is 0 Å². The first-order valence-corrected chi connectivity index (χ1v) is 8.27. The van der Waals surface area contributed by atoms with Crippen molar-refractivity contribution in [1.82, 2.24) is 0 Å². The molecule has 4 aliphatic rings. The number of aliphatic hydroxyl groups is 1. The Morgan fingerprint density at radius 3 is 2.95 bits per heavy atom. The molecule has 1 N–H and O–H groups in total. The molecule has 3 saturated carbocycles. The Bertz CT molecular complexity index is 447. The third-order valence-corrected chi connectivity index (χ3v) is 6.95. The molecule has 0 radical (unpaired) electrons. The Morgan fingerprint density at radius 1 is 1.16 bits per heavy atom. The Morgan fingerprint density at radius 2 is 2.05 bits per heavy atom. The zero-order chi connectivity index (χ0) is 13.0. The SMILES string of the molecule is C[C@@]12CCCC1C1CCC3=CC(O)=CCC3C1CC2. The summed E-state index contributed by atoms with van der Waals surface area (Å²) < 4.78 is 0. The number of fused-ring (bicyclic) bond motifs is 5. The van der Waals surface area contributed by atoms with Gasteiger partial charge in [-0.3, -0.25) is 0 Å². The van der Waals surface area contributed by atoms with Crippen LogP contribution in [0.3, 0.4) is 0 Å². The molecule has 0 aliphatic heterocycles. The minimum absolute atomic E-state index is 0.520. The molecule has 1 nitrogen and oxygen atoms in total. The second-order valence-corrected chi connectivity index (χ2v) is 7.75. The van der Waals surface area contributed by atoms with Gasteiger partial charge in [-0.25, -0.2) is 0 Å². The minimum atomic E-state index is 0.520. The van der Waals surface area contributed by atoms with E-state index in [0.29, 0.717) is 11.2 Å². The normalized spacial score (nSPS) is 48.7. The van der Waals surface area contributed by atoms with Crippen molar-refractivity contribution in [3.63, 3.8) is 0 Å². The standard InChI is InChI=1S/C18H26O/c1-18-9-2-3-17(18)16-6-4-12-11-13(19)5-7-14(12)15(16)8-10-18/h5,11,14-17,19H,2-4,6-10H2,1H3/t14?,15?,16?,17?,18-/m0/s1. The van der Waals surface area contributed by atoms with E-state index in [2.05, 4.69) is 19.1 Å². The lowest BCUT2D eigenvalue weighted by Gasteiger charge is -2.52. The summed E-state index contributed by atoms with van der Waals surface area (Å²) >= 11 is 0. The molecule has 4 unspecified atom stereocenters. The van der Waals surface area contributed by atoms with E-state index in [0.717, 1.165) is 30.1 Å². The predicted octanol–water partition coefficient (Wildman–Crippen LogP) is 5.00. The summed E-state index contributed by atoms with van der Waals surface area (Å²) in [6, 6.07) is 0. The van der Waals surface area contributed by atoms with Gasteiger partial charge >= 0.3 is 0 Å². The summed E-state index contributed by atoms with van der Waals surface area (Å²) in [5.41, 5.74) is 2.23. The predicted molar refractivity (Wildman–Crippen MR) is 77.8 cm³/mol. The lowest BCUT2D eigenvalue weighted by atomic mass is 9.53. The Balaban J connectivity index is 1.62. The van der Waals surface area contributed by atoms with Crippen LogP contribution >= 0.6 is 0 Å². The lowest BCUT2D eigenvalue weighted by Crippen LogP contribution is -2.44. The quantitative estimate of drug-likeness (QED) is 0.648. The monoisotopic (exact) mass is 258 g/mol. The highest BCUT2D eigenvalue weighted by molar-refractivity contribution is 5.28. The van der Waals surface area contributed by atoms with Crippen molar-refractivity contribution in [3.8, 4) is 0 Å². The molecule has 4 aliphatic carbocycles. The number of allylic oxidation sites excluding steroid dienone is 3. The van der Waals surface area contributed by atoms with Crippen LogP contribution in [0, 0.1) is 29.1 Å². The topological polar surface area (TPSA) is 20.2 Å². The van der Waals surface area contributed by atoms with Crippen LogP contribution in [-0.4, -0.2) is 5.11 Å². The smallest absolute Gasteiger partial charge is 0.111 e. The molecule has 0 aromatic carbocycles. The molecule has 4 rings (SSSR count). The third-order valence-electron chi connectivity index (χ3n) is 6.95. The maximum Gasteiger partial charge on any atom is 0.111 e. The van der Waals surface area contributed by atoms with Crippen molar-refractivity contribution < 1.29 is 5.11 Å². The van der Waals surface area contributed by atoms with E-state index in [1.165, 1.54) is 44.9 Å². The molecule has 0 amide bonds. The van der Waals surface area contributed by atoms with Crippen molar-refractivity contribution in [2.75, 3.05) is 0 Å². The van der Waals surface area contributed by atoms with Crippen LogP contribution < -0.4 is 0 Å². The molecule has 104 valence electrons. The van der Waals surface area contributed by atoms with Gasteiger partial charge in [0.05, 0.1) is 0 Å². The van der Waals surface area contributed by atoms with Crippen LogP contribution in [0.5, 0.6) is 0 Å². The van der Waals surface area contributed by atoms with Crippen molar-refractivity contribution in [3.05, 3.63) is 23.5 Å². The highest BCUT2D eigenvalue weighted by atomic mass is 16.3. The highest BCUT2D eigenvalue weighted by Gasteiger charge is 2.51. The summed E-state index contributed by atoms with van der Waals surface area (Å²) in [6.45, 7) is 2.57. The average molecular weight is 258 g/mol. The van der Waals surface area contributed by atoms with E-state index < -0.39 is 0 Å². The maximum atomic E-state index is 9.72. The summed E-state index contributed by atoms with van der Waals surface area (Å²) in [7, 11) is 0. The van der Waals surface area contributed by atoms with Crippen molar-refractivity contribution in [2.45, 2.75) is 58.3 Å². The van der Waals surface area contributed by atoms with Crippen LogP contribution in [0.2, 0.25) is 0 Å². The van der Waals surface area contributed by atoms with Gasteiger partial charge in [-0.1, -0.05) is 18.9 Å². The molecule has 3 fully saturated rings. The second kappa shape index (κ2) is 4.14. The van der Waals surface area contributed by atoms with Crippen molar-refractivity contribution in [2.24, 2.45) is 29.1 Å². The summed E-state index contributed by atoms with van der Waals surface area (Å²) in [6.07, 6.45) is 15.2. The van der Waals surface area contributed by atoms with Gasteiger partial charge in [0.1, 0.15) is 5.76 Å². The van der Waals surface area contributed by atoms with Crippen molar-refractivity contribution in [1.29, 1.82) is 0 Å². The van der Waals surface area contributed by atoms with Gasteiger partial charge < -0.3 is 5.11 Å². The molecule has 0 saturated heterocycles. The Hall–Kier alpha value is -0.720. The fraction of sp³-hybridized carbons (Fsp3) is 0.778. The van der Waals surface area contributed by atoms with Gasteiger partial charge in [-0.2, -0.15) is 0 Å². The van der Waals surface area contributed by atoms with Gasteiger partial charge in [-0.05, 0) is 86.2 Å². The zero-order valence-electron chi connectivity index (χ0n) is 12.1. The lowest BCUT2D eigenvalue weighted by molar-refractivity contribution is 0.00214. The minimum Gasteiger partial charge on any atom is -0.508 e. The van der Waals surface area contributed by atoms with Crippen molar-refractivity contribution >= 4 is 0 Å². The molecular weight excluding hydrogens is 232 g/mol. The van der Waals surface area contributed by atoms with E-state index in [1.54, 1.807) is 5.57 Å². The van der Waals surface area contributed by atoms with Crippen LogP contribution in [0.1, 0.15) is 58.3 Å². The fourth-order valence-corrected chi connectivity index (χ4v) is 6.02. The van der Waals surface area contributed by atoms with Gasteiger partial charge in [0.15, 0.2) is 0 Å². The summed E-state index contributed by atoms with van der Waals surface area (Å²) in [4.78, 5) is 0. The Kier molecular flexibility index (Phi) is 2.62. The number of hydrogen-bond acceptors (Lipinski definition) is 1. The number of rotatable bonds is 0. The molecule has 0 aromatic heterocycles. The van der Waals surface area contributed by atoms with E-state index >= 15 is 0 Å². The number of aliphatic hydroxyl groups excluding tert-OH is 1. The molecule has 0 aromatic rings. The summed E-state index contributed by atoms with van der Waals surface area (Å²) in [5.74, 6) is 4.19. The van der Waals surface area contributed by atoms with E-state index in [-0.39, 0.29) is 0 Å². The van der Waals surface area contributed by atoms with E-state index in [4.69, 9.17) is 0 Å². The van der Waals surface area contributed by atoms with E-state index in [9.17, 15) is 5.11 Å². The largest absolute Gasteiger partial charge is 0.508 e. The number of hydrogen-bond donors (Lipinski definition) is 1. The molecule has 19 heavy (non-hydrogen) atoms. The highest BCUT2D eigenvalue weighted by Crippen LogP contribution is 2.61. The maximum absolute atomic E-state index is 9.72. The van der Waals surface area contributed by atoms with Gasteiger partial charge in [0.2, 0.25) is 0 Å². The van der Waals surface area contributed by atoms with Crippen LogP contribution in [-0.2, 0) is 0 Å². The first-order chi connectivity index (χ1) is 9.17. The first-order valence-electron chi connectivity index (χ1n) is 8.27. The summed E-state index contributed by atoms with van der Waals surface area (Å²) in [5, 5.41) is 9.72. The fourth-order valence-electron chi connectivity index (χ4n) is 6.02. The van der Waals surface area contributed by atoms with Gasteiger partial charge in [0, 0.05) is 0 Å². The molecule has 0 spiro atoms. The first kappa shape index (κ1) is 12.1. The van der Waals surface area contributed by atoms with Crippen LogP contribution in [0.15, 0.2) is 23.5 Å². The molecule has 1 heteroatoms. The van der Waals surface area contributed by atoms with Gasteiger partial charge in [-0.15, -0.1) is 0 Å². The molecule has 0 heterocycles. The molecule has 5 atom stereocenters. The third kappa shape index (κ3) is 1.73. The average Bonchev–Trinajstić information content (AvgIpc) is 2.79. The zero-order valence-corrected chi connectivity index (χ0v) is 12.1. The van der Waals surface area contributed by atoms with Crippen LogP contribution in [0.25, 0.3) is 0 Å². The van der Waals surface area contributed by atoms with E-state index in [1.807, 2.05) is 0 Å². The molecule has 0 bridgehead atoms. The molecular formula is C18H26O. The Labute approximate surface area is 116 Å².